The van der Waals surface area contributed by atoms with E-state index >= 15 is 0 Å². The van der Waals surface area contributed by atoms with Gasteiger partial charge in [-0.3, -0.25) is 0 Å². The fourth-order valence-electron chi connectivity index (χ4n) is 1.44. The Bertz CT molecular complexity index is 296. The highest BCUT2D eigenvalue weighted by Gasteiger charge is 2.20. The van der Waals surface area contributed by atoms with Crippen molar-refractivity contribution in [3.8, 4) is 0 Å². The molecule has 2 atom stereocenters. The maximum absolute atomic E-state index is 13.4. The standard InChI is InChI=1S/C12H18FN/c1-8(2)9(3)12(14)10-6-4-5-7-11(10)13/h4-9,12H,14H2,1-3H3. The zero-order chi connectivity index (χ0) is 10.7. The summed E-state index contributed by atoms with van der Waals surface area (Å²) in [7, 11) is 0. The van der Waals surface area contributed by atoms with Gasteiger partial charge in [-0.1, -0.05) is 39.0 Å². The van der Waals surface area contributed by atoms with Crippen LogP contribution in [-0.4, -0.2) is 0 Å². The van der Waals surface area contributed by atoms with Gasteiger partial charge < -0.3 is 5.73 Å². The first kappa shape index (κ1) is 11.2. The van der Waals surface area contributed by atoms with E-state index in [4.69, 9.17) is 5.73 Å². The molecule has 1 aromatic rings. The first-order valence-corrected chi connectivity index (χ1v) is 5.04. The molecule has 0 spiro atoms. The minimum absolute atomic E-state index is 0.201. The molecule has 0 amide bonds. The Morgan fingerprint density at radius 1 is 1.14 bits per heavy atom. The van der Waals surface area contributed by atoms with Gasteiger partial charge in [0.15, 0.2) is 0 Å². The second-order valence-electron chi connectivity index (χ2n) is 4.15. The SMILES string of the molecule is CC(C)C(C)C(N)c1ccccc1F. The first-order valence-electron chi connectivity index (χ1n) is 5.04. The highest BCUT2D eigenvalue weighted by atomic mass is 19.1. The summed E-state index contributed by atoms with van der Waals surface area (Å²) in [6, 6.07) is 6.52. The first-order chi connectivity index (χ1) is 6.54. The predicted molar refractivity (Wildman–Crippen MR) is 57.3 cm³/mol. The lowest BCUT2D eigenvalue weighted by molar-refractivity contribution is 0.345. The molecule has 0 fully saturated rings. The van der Waals surface area contributed by atoms with Crippen molar-refractivity contribution in [2.75, 3.05) is 0 Å². The smallest absolute Gasteiger partial charge is 0.127 e. The highest BCUT2D eigenvalue weighted by molar-refractivity contribution is 5.21. The molecule has 0 aliphatic heterocycles. The second-order valence-corrected chi connectivity index (χ2v) is 4.15. The molecule has 0 saturated carbocycles. The van der Waals surface area contributed by atoms with Crippen LogP contribution in [0.1, 0.15) is 32.4 Å². The zero-order valence-electron chi connectivity index (χ0n) is 9.00. The summed E-state index contributed by atoms with van der Waals surface area (Å²) in [5.74, 6) is 0.545. The summed E-state index contributed by atoms with van der Waals surface area (Å²) in [4.78, 5) is 0. The number of benzene rings is 1. The molecule has 0 aliphatic rings. The van der Waals surface area contributed by atoms with Crippen LogP contribution in [0.2, 0.25) is 0 Å². The Kier molecular flexibility index (Phi) is 3.64. The van der Waals surface area contributed by atoms with E-state index in [0.717, 1.165) is 0 Å². The molecule has 2 unspecified atom stereocenters. The van der Waals surface area contributed by atoms with E-state index in [9.17, 15) is 4.39 Å². The van der Waals surface area contributed by atoms with Gasteiger partial charge in [0.25, 0.3) is 0 Å². The minimum atomic E-state index is -0.212. The van der Waals surface area contributed by atoms with E-state index in [2.05, 4.69) is 20.8 Å². The molecule has 1 aromatic carbocycles. The van der Waals surface area contributed by atoms with Crippen LogP contribution in [0.25, 0.3) is 0 Å². The van der Waals surface area contributed by atoms with Crippen molar-refractivity contribution in [2.24, 2.45) is 17.6 Å². The average Bonchev–Trinajstić information content (AvgIpc) is 2.16. The topological polar surface area (TPSA) is 26.0 Å². The maximum Gasteiger partial charge on any atom is 0.127 e. The van der Waals surface area contributed by atoms with E-state index in [-0.39, 0.29) is 17.8 Å². The van der Waals surface area contributed by atoms with Crippen molar-refractivity contribution in [1.29, 1.82) is 0 Å². The van der Waals surface area contributed by atoms with Crippen molar-refractivity contribution in [3.05, 3.63) is 35.6 Å². The monoisotopic (exact) mass is 195 g/mol. The molecule has 0 bridgehead atoms. The summed E-state index contributed by atoms with van der Waals surface area (Å²) >= 11 is 0. The van der Waals surface area contributed by atoms with Gasteiger partial charge >= 0.3 is 0 Å². The minimum Gasteiger partial charge on any atom is -0.324 e. The van der Waals surface area contributed by atoms with Crippen LogP contribution in [0.15, 0.2) is 24.3 Å². The van der Waals surface area contributed by atoms with E-state index in [1.165, 1.54) is 6.07 Å². The highest BCUT2D eigenvalue weighted by Crippen LogP contribution is 2.26. The molecule has 0 aromatic heterocycles. The molecular formula is C12H18FN. The molecule has 2 N–H and O–H groups in total. The lowest BCUT2D eigenvalue weighted by Crippen LogP contribution is -2.24. The summed E-state index contributed by atoms with van der Waals surface area (Å²) in [5, 5.41) is 0. The average molecular weight is 195 g/mol. The van der Waals surface area contributed by atoms with E-state index < -0.39 is 0 Å². The Morgan fingerprint density at radius 2 is 1.71 bits per heavy atom. The Labute approximate surface area is 85.1 Å². The second kappa shape index (κ2) is 4.56. The largest absolute Gasteiger partial charge is 0.324 e. The summed E-state index contributed by atoms with van der Waals surface area (Å²) < 4.78 is 13.4. The third-order valence-corrected chi connectivity index (χ3v) is 2.88. The van der Waals surface area contributed by atoms with Gasteiger partial charge in [-0.25, -0.2) is 4.39 Å². The van der Waals surface area contributed by atoms with Crippen molar-refractivity contribution in [2.45, 2.75) is 26.8 Å². The van der Waals surface area contributed by atoms with Crippen LogP contribution in [0.5, 0.6) is 0 Å². The van der Waals surface area contributed by atoms with Crippen LogP contribution in [0.3, 0.4) is 0 Å². The van der Waals surface area contributed by atoms with Gasteiger partial charge in [0.2, 0.25) is 0 Å². The lowest BCUT2D eigenvalue weighted by atomic mass is 9.86. The molecule has 1 nitrogen and oxygen atoms in total. The van der Waals surface area contributed by atoms with E-state index in [1.807, 2.05) is 6.07 Å². The Balaban J connectivity index is 2.89. The third kappa shape index (κ3) is 2.32. The number of nitrogens with two attached hydrogens (primary N) is 1. The third-order valence-electron chi connectivity index (χ3n) is 2.88. The van der Waals surface area contributed by atoms with E-state index in [1.54, 1.807) is 12.1 Å². The van der Waals surface area contributed by atoms with Crippen molar-refractivity contribution >= 4 is 0 Å². The van der Waals surface area contributed by atoms with Crippen LogP contribution in [0.4, 0.5) is 4.39 Å². The van der Waals surface area contributed by atoms with Gasteiger partial charge in [-0.2, -0.15) is 0 Å². The molecule has 78 valence electrons. The Morgan fingerprint density at radius 3 is 2.21 bits per heavy atom. The molecule has 0 heterocycles. The van der Waals surface area contributed by atoms with Gasteiger partial charge in [0.05, 0.1) is 0 Å². The molecule has 0 aliphatic carbocycles. The van der Waals surface area contributed by atoms with Crippen molar-refractivity contribution in [3.63, 3.8) is 0 Å². The zero-order valence-corrected chi connectivity index (χ0v) is 9.00. The quantitative estimate of drug-likeness (QED) is 0.788. The number of hydrogen-bond acceptors (Lipinski definition) is 1. The molecule has 1 rings (SSSR count). The number of rotatable bonds is 3. The molecule has 0 saturated heterocycles. The van der Waals surface area contributed by atoms with Crippen molar-refractivity contribution < 1.29 is 4.39 Å². The molecular weight excluding hydrogens is 177 g/mol. The van der Waals surface area contributed by atoms with Crippen LogP contribution >= 0.6 is 0 Å². The molecule has 2 heteroatoms. The van der Waals surface area contributed by atoms with E-state index in [0.29, 0.717) is 11.5 Å². The predicted octanol–water partition coefficient (Wildman–Crippen LogP) is 3.12. The normalized spacial score (nSPS) is 15.6. The number of hydrogen-bond donors (Lipinski definition) is 1. The van der Waals surface area contributed by atoms with Gasteiger partial charge in [0.1, 0.15) is 5.82 Å². The van der Waals surface area contributed by atoms with Crippen LogP contribution < -0.4 is 5.73 Å². The van der Waals surface area contributed by atoms with Crippen LogP contribution in [0, 0.1) is 17.7 Å². The summed E-state index contributed by atoms with van der Waals surface area (Å²) in [6.45, 7) is 6.26. The Hall–Kier alpha value is -0.890. The van der Waals surface area contributed by atoms with Crippen molar-refractivity contribution in [1.82, 2.24) is 0 Å². The summed E-state index contributed by atoms with van der Waals surface area (Å²) in [5.41, 5.74) is 6.62. The number of halogens is 1. The lowest BCUT2D eigenvalue weighted by Gasteiger charge is -2.23. The molecule has 14 heavy (non-hydrogen) atoms. The fraction of sp³-hybridized carbons (Fsp3) is 0.500. The summed E-state index contributed by atoms with van der Waals surface area (Å²) in [6.07, 6.45) is 0. The molecule has 0 radical (unpaired) electrons. The maximum atomic E-state index is 13.4. The van der Waals surface area contributed by atoms with Gasteiger partial charge in [-0.15, -0.1) is 0 Å². The fourth-order valence-corrected chi connectivity index (χ4v) is 1.44. The van der Waals surface area contributed by atoms with Crippen LogP contribution in [-0.2, 0) is 0 Å². The van der Waals surface area contributed by atoms with Gasteiger partial charge in [0, 0.05) is 11.6 Å². The van der Waals surface area contributed by atoms with Gasteiger partial charge in [-0.05, 0) is 17.9 Å².